The summed E-state index contributed by atoms with van der Waals surface area (Å²) in [4.78, 5) is 12.5. The first-order chi connectivity index (χ1) is 12.3. The molecular formula is C17H11F4N3OS. The quantitative estimate of drug-likeness (QED) is 0.655. The number of amides is 1. The van der Waals surface area contributed by atoms with Gasteiger partial charge in [0.25, 0.3) is 5.91 Å². The van der Waals surface area contributed by atoms with Crippen molar-refractivity contribution in [3.8, 4) is 11.1 Å². The van der Waals surface area contributed by atoms with E-state index in [1.54, 1.807) is 6.92 Å². The number of rotatable bonds is 3. The minimum Gasteiger partial charge on any atom is -0.321 e. The van der Waals surface area contributed by atoms with E-state index in [0.717, 1.165) is 23.7 Å². The van der Waals surface area contributed by atoms with Gasteiger partial charge in [0, 0.05) is 11.3 Å². The molecule has 4 nitrogen and oxygen atoms in total. The van der Waals surface area contributed by atoms with Crippen molar-refractivity contribution in [3.63, 3.8) is 0 Å². The Hall–Kier alpha value is -2.81. The zero-order chi connectivity index (χ0) is 18.9. The second kappa shape index (κ2) is 6.83. The van der Waals surface area contributed by atoms with Crippen molar-refractivity contribution in [2.24, 2.45) is 0 Å². The summed E-state index contributed by atoms with van der Waals surface area (Å²) >= 11 is 0.953. The molecule has 9 heteroatoms. The second-order valence-corrected chi connectivity index (χ2v) is 6.17. The lowest BCUT2D eigenvalue weighted by molar-refractivity contribution is -0.137. The number of carbonyl (C=O) groups is 1. The fourth-order valence-corrected chi connectivity index (χ4v) is 2.84. The van der Waals surface area contributed by atoms with Crippen molar-refractivity contribution in [3.05, 3.63) is 64.4 Å². The lowest BCUT2D eigenvalue weighted by Gasteiger charge is -2.11. The summed E-state index contributed by atoms with van der Waals surface area (Å²) in [6, 6.07) is 8.08. The third-order valence-electron chi connectivity index (χ3n) is 3.61. The van der Waals surface area contributed by atoms with Crippen molar-refractivity contribution in [2.45, 2.75) is 13.1 Å². The molecule has 0 spiro atoms. The van der Waals surface area contributed by atoms with Gasteiger partial charge in [0.2, 0.25) is 0 Å². The summed E-state index contributed by atoms with van der Waals surface area (Å²) in [7, 11) is 0. The highest BCUT2D eigenvalue weighted by Crippen LogP contribution is 2.33. The van der Waals surface area contributed by atoms with Crippen LogP contribution in [0.15, 0.2) is 42.5 Å². The molecule has 1 heterocycles. The fourth-order valence-electron chi connectivity index (χ4n) is 2.28. The van der Waals surface area contributed by atoms with E-state index in [4.69, 9.17) is 0 Å². The Labute approximate surface area is 149 Å². The number of aryl methyl sites for hydroxylation is 1. The van der Waals surface area contributed by atoms with Crippen LogP contribution in [-0.4, -0.2) is 15.5 Å². The molecule has 0 radical (unpaired) electrons. The molecule has 0 aliphatic carbocycles. The van der Waals surface area contributed by atoms with E-state index in [-0.39, 0.29) is 11.1 Å². The molecule has 1 aromatic heterocycles. The van der Waals surface area contributed by atoms with Gasteiger partial charge in [0.1, 0.15) is 10.7 Å². The minimum atomic E-state index is -4.56. The van der Waals surface area contributed by atoms with E-state index in [2.05, 4.69) is 14.9 Å². The van der Waals surface area contributed by atoms with Gasteiger partial charge in [-0.15, -0.1) is 5.10 Å². The van der Waals surface area contributed by atoms with Crippen LogP contribution in [0.4, 0.5) is 23.2 Å². The van der Waals surface area contributed by atoms with E-state index < -0.39 is 23.5 Å². The number of nitrogens with zero attached hydrogens (tertiary/aromatic N) is 2. The number of alkyl halides is 3. The van der Waals surface area contributed by atoms with Gasteiger partial charge in [-0.1, -0.05) is 16.6 Å². The van der Waals surface area contributed by atoms with Crippen LogP contribution in [-0.2, 0) is 6.18 Å². The largest absolute Gasteiger partial charge is 0.416 e. The summed E-state index contributed by atoms with van der Waals surface area (Å²) in [6.45, 7) is 1.65. The Morgan fingerprint density at radius 3 is 2.38 bits per heavy atom. The van der Waals surface area contributed by atoms with Gasteiger partial charge in [-0.2, -0.15) is 13.2 Å². The maximum Gasteiger partial charge on any atom is 0.416 e. The molecule has 3 aromatic rings. The van der Waals surface area contributed by atoms with E-state index in [0.29, 0.717) is 22.3 Å². The monoisotopic (exact) mass is 381 g/mol. The van der Waals surface area contributed by atoms with Crippen LogP contribution in [0.2, 0.25) is 0 Å². The normalized spacial score (nSPS) is 11.4. The molecule has 3 rings (SSSR count). The van der Waals surface area contributed by atoms with Gasteiger partial charge in [-0.05, 0) is 54.4 Å². The van der Waals surface area contributed by atoms with Gasteiger partial charge in [-0.25, -0.2) is 4.39 Å². The molecule has 0 atom stereocenters. The molecule has 1 amide bonds. The average molecular weight is 381 g/mol. The lowest BCUT2D eigenvalue weighted by atomic mass is 10.0. The molecule has 0 bridgehead atoms. The Kier molecular flexibility index (Phi) is 4.73. The number of aromatic nitrogens is 2. The smallest absolute Gasteiger partial charge is 0.321 e. The predicted octanol–water partition coefficient (Wildman–Crippen LogP) is 4.92. The van der Waals surface area contributed by atoms with Gasteiger partial charge in [-0.3, -0.25) is 4.79 Å². The number of carbonyl (C=O) groups excluding carboxylic acids is 1. The van der Waals surface area contributed by atoms with Crippen molar-refractivity contribution in [2.75, 3.05) is 5.32 Å². The van der Waals surface area contributed by atoms with Crippen LogP contribution >= 0.6 is 11.5 Å². The number of hydrogen-bond acceptors (Lipinski definition) is 4. The Morgan fingerprint density at radius 1 is 1.12 bits per heavy atom. The molecule has 134 valence electrons. The number of hydrogen-bond donors (Lipinski definition) is 1. The average Bonchev–Trinajstić information content (AvgIpc) is 3.01. The molecule has 0 unspecified atom stereocenters. The molecule has 0 saturated heterocycles. The molecule has 1 N–H and O–H groups in total. The number of halogens is 4. The highest BCUT2D eigenvalue weighted by atomic mass is 32.1. The van der Waals surface area contributed by atoms with Crippen LogP contribution < -0.4 is 5.32 Å². The first kappa shape index (κ1) is 18.0. The summed E-state index contributed by atoms with van der Waals surface area (Å²) in [5.74, 6) is -1.16. The van der Waals surface area contributed by atoms with Gasteiger partial charge >= 0.3 is 6.18 Å². The van der Waals surface area contributed by atoms with Crippen LogP contribution in [0.5, 0.6) is 0 Å². The topological polar surface area (TPSA) is 54.9 Å². The van der Waals surface area contributed by atoms with Crippen molar-refractivity contribution < 1.29 is 22.4 Å². The number of anilines is 1. The lowest BCUT2D eigenvalue weighted by Crippen LogP contribution is -2.11. The summed E-state index contributed by atoms with van der Waals surface area (Å²) in [6.07, 6.45) is -4.56. The molecule has 0 saturated carbocycles. The Bertz CT molecular complexity index is 951. The molecular weight excluding hydrogens is 370 g/mol. The van der Waals surface area contributed by atoms with E-state index in [1.807, 2.05) is 0 Å². The zero-order valence-corrected chi connectivity index (χ0v) is 14.1. The summed E-state index contributed by atoms with van der Waals surface area (Å²) < 4.78 is 56.0. The van der Waals surface area contributed by atoms with Crippen molar-refractivity contribution >= 4 is 23.1 Å². The first-order valence-corrected chi connectivity index (χ1v) is 8.10. The van der Waals surface area contributed by atoms with E-state index in [1.165, 1.54) is 24.3 Å². The van der Waals surface area contributed by atoms with Crippen LogP contribution in [0.1, 0.15) is 20.9 Å². The molecule has 0 fully saturated rings. The van der Waals surface area contributed by atoms with Gasteiger partial charge in [0.05, 0.1) is 11.3 Å². The second-order valence-electron chi connectivity index (χ2n) is 5.41. The molecule has 0 aliphatic heterocycles. The van der Waals surface area contributed by atoms with Crippen molar-refractivity contribution in [1.82, 2.24) is 9.59 Å². The van der Waals surface area contributed by atoms with Crippen LogP contribution in [0.25, 0.3) is 11.1 Å². The van der Waals surface area contributed by atoms with Crippen LogP contribution in [0.3, 0.4) is 0 Å². The fraction of sp³-hybridized carbons (Fsp3) is 0.118. The molecule has 26 heavy (non-hydrogen) atoms. The van der Waals surface area contributed by atoms with Gasteiger partial charge < -0.3 is 5.32 Å². The first-order valence-electron chi connectivity index (χ1n) is 7.33. The molecule has 2 aromatic carbocycles. The standard InChI is InChI=1S/C17H11F4N3OS/c1-9-15(26-24-23-9)16(25)22-12-5-2-10(3-6-12)13-8-11(17(19,20)21)4-7-14(13)18/h2-8H,1H3,(H,22,25). The van der Waals surface area contributed by atoms with Crippen molar-refractivity contribution in [1.29, 1.82) is 0 Å². The minimum absolute atomic E-state index is 0.166. The highest BCUT2D eigenvalue weighted by molar-refractivity contribution is 7.08. The number of nitrogens with one attached hydrogen (secondary N) is 1. The summed E-state index contributed by atoms with van der Waals surface area (Å²) in [5.41, 5.74) is 0.0796. The third kappa shape index (κ3) is 3.72. The Morgan fingerprint density at radius 2 is 1.81 bits per heavy atom. The maximum absolute atomic E-state index is 13.9. The SMILES string of the molecule is Cc1nnsc1C(=O)Nc1ccc(-c2cc(C(F)(F)F)ccc2F)cc1. The summed E-state index contributed by atoms with van der Waals surface area (Å²) in [5, 5.41) is 6.38. The molecule has 0 aliphatic rings. The highest BCUT2D eigenvalue weighted by Gasteiger charge is 2.31. The zero-order valence-electron chi connectivity index (χ0n) is 13.3. The van der Waals surface area contributed by atoms with Gasteiger partial charge in [0.15, 0.2) is 0 Å². The third-order valence-corrected chi connectivity index (χ3v) is 4.43. The predicted molar refractivity (Wildman–Crippen MR) is 89.4 cm³/mol. The van der Waals surface area contributed by atoms with E-state index in [9.17, 15) is 22.4 Å². The number of benzene rings is 2. The van der Waals surface area contributed by atoms with Crippen LogP contribution in [0, 0.1) is 12.7 Å². The Balaban J connectivity index is 1.84. The maximum atomic E-state index is 13.9. The van der Waals surface area contributed by atoms with E-state index >= 15 is 0 Å².